The Kier molecular flexibility index (Phi) is 7.08. The van der Waals surface area contributed by atoms with Gasteiger partial charge in [-0.2, -0.15) is 5.26 Å². The highest BCUT2D eigenvalue weighted by Gasteiger charge is 2.15. The first-order chi connectivity index (χ1) is 9.52. The molecule has 110 valence electrons. The van der Waals surface area contributed by atoms with Crippen molar-refractivity contribution in [3.8, 4) is 6.07 Å². The van der Waals surface area contributed by atoms with Gasteiger partial charge in [-0.25, -0.2) is 0 Å². The average molecular weight is 293 g/mol. The summed E-state index contributed by atoms with van der Waals surface area (Å²) in [7, 11) is 3.27. The van der Waals surface area contributed by atoms with Crippen LogP contribution in [0, 0.1) is 16.7 Å². The molecule has 0 bridgehead atoms. The Bertz CT molecular complexity index is 433. The average Bonchev–Trinajstić information content (AvgIpc) is 2.46. The molecule has 0 N–H and O–H groups in total. The molecule has 0 atom stereocenters. The summed E-state index contributed by atoms with van der Waals surface area (Å²) in [5.41, 5.74) is 0.805. The van der Waals surface area contributed by atoms with Crippen molar-refractivity contribution in [2.45, 2.75) is 37.9 Å². The van der Waals surface area contributed by atoms with Crippen LogP contribution in [-0.2, 0) is 9.47 Å². The topological polar surface area (TPSA) is 42.2 Å². The summed E-state index contributed by atoms with van der Waals surface area (Å²) < 4.78 is 10.4. The maximum atomic E-state index is 8.96. The number of thioether (sulfide) groups is 1. The number of nitriles is 1. The second kappa shape index (κ2) is 8.31. The lowest BCUT2D eigenvalue weighted by molar-refractivity contribution is -0.106. The Labute approximate surface area is 126 Å². The number of ether oxygens (including phenoxy) is 2. The minimum absolute atomic E-state index is 0.214. The van der Waals surface area contributed by atoms with Crippen LogP contribution in [0.25, 0.3) is 0 Å². The smallest absolute Gasteiger partial charge is 0.183 e. The fourth-order valence-corrected chi connectivity index (χ4v) is 2.70. The van der Waals surface area contributed by atoms with Gasteiger partial charge in [0.15, 0.2) is 6.29 Å². The first-order valence-electron chi connectivity index (χ1n) is 6.72. The van der Waals surface area contributed by atoms with Crippen molar-refractivity contribution in [3.63, 3.8) is 0 Å². The molecule has 4 heteroatoms. The third-order valence-electron chi connectivity index (χ3n) is 3.10. The van der Waals surface area contributed by atoms with Gasteiger partial charge >= 0.3 is 0 Å². The molecule has 0 amide bonds. The molecule has 0 fully saturated rings. The van der Waals surface area contributed by atoms with E-state index in [0.29, 0.717) is 0 Å². The van der Waals surface area contributed by atoms with Crippen LogP contribution in [-0.4, -0.2) is 20.0 Å². The summed E-state index contributed by atoms with van der Waals surface area (Å²) in [4.78, 5) is 1.23. The maximum absolute atomic E-state index is 8.96. The van der Waals surface area contributed by atoms with Crippen molar-refractivity contribution < 1.29 is 9.47 Å². The number of rotatable bonds is 8. The van der Waals surface area contributed by atoms with Crippen molar-refractivity contribution in [2.75, 3.05) is 20.0 Å². The van der Waals surface area contributed by atoms with Crippen LogP contribution in [0.4, 0.5) is 0 Å². The number of benzene rings is 1. The molecule has 0 aliphatic heterocycles. The van der Waals surface area contributed by atoms with Crippen molar-refractivity contribution in [2.24, 2.45) is 5.41 Å². The molecule has 3 nitrogen and oxygen atoms in total. The van der Waals surface area contributed by atoms with Crippen molar-refractivity contribution in [1.82, 2.24) is 0 Å². The molecule has 0 saturated carbocycles. The highest BCUT2D eigenvalue weighted by atomic mass is 32.2. The summed E-state index contributed by atoms with van der Waals surface area (Å²) in [6.07, 6.45) is 1.68. The lowest BCUT2D eigenvalue weighted by Gasteiger charge is -2.15. The van der Waals surface area contributed by atoms with Gasteiger partial charge in [0, 0.05) is 24.7 Å². The van der Waals surface area contributed by atoms with Crippen LogP contribution in [0.15, 0.2) is 29.2 Å². The van der Waals surface area contributed by atoms with Gasteiger partial charge in [0.1, 0.15) is 0 Å². The zero-order valence-electron chi connectivity index (χ0n) is 12.7. The molecule has 0 saturated heterocycles. The molecular weight excluding hydrogens is 270 g/mol. The molecule has 0 radical (unpaired) electrons. The van der Waals surface area contributed by atoms with Gasteiger partial charge in [-0.3, -0.25) is 0 Å². The minimum atomic E-state index is -0.300. The van der Waals surface area contributed by atoms with E-state index in [2.05, 4.69) is 18.2 Å². The normalized spacial score (nSPS) is 11.6. The third-order valence-corrected chi connectivity index (χ3v) is 4.20. The predicted octanol–water partition coefficient (Wildman–Crippen LogP) is 4.40. The van der Waals surface area contributed by atoms with Gasteiger partial charge < -0.3 is 9.47 Å². The van der Waals surface area contributed by atoms with Crippen molar-refractivity contribution in [3.05, 3.63) is 29.8 Å². The highest BCUT2D eigenvalue weighted by Crippen LogP contribution is 2.26. The van der Waals surface area contributed by atoms with Gasteiger partial charge in [0.25, 0.3) is 0 Å². The van der Waals surface area contributed by atoms with Crippen molar-refractivity contribution in [1.29, 1.82) is 5.26 Å². The van der Waals surface area contributed by atoms with E-state index in [-0.39, 0.29) is 11.7 Å². The van der Waals surface area contributed by atoms with E-state index in [1.165, 1.54) is 4.90 Å². The van der Waals surface area contributed by atoms with E-state index < -0.39 is 0 Å². The lowest BCUT2D eigenvalue weighted by atomic mass is 9.90. The standard InChI is InChI=1S/C16H23NO2S/c1-16(2,12-17)10-5-11-20-14-8-6-13(7-9-14)15(18-3)19-4/h6-9,15H,5,10-11H2,1-4H3. The Morgan fingerprint density at radius 1 is 1.20 bits per heavy atom. The number of hydrogen-bond donors (Lipinski definition) is 0. The number of methoxy groups -OCH3 is 2. The molecule has 1 aromatic rings. The summed E-state index contributed by atoms with van der Waals surface area (Å²) in [6, 6.07) is 10.6. The largest absolute Gasteiger partial charge is 0.352 e. The molecule has 0 unspecified atom stereocenters. The number of nitrogens with zero attached hydrogens (tertiary/aromatic N) is 1. The SMILES string of the molecule is COC(OC)c1ccc(SCCCC(C)(C)C#N)cc1. The molecule has 0 spiro atoms. The van der Waals surface area contributed by atoms with Gasteiger partial charge in [-0.05, 0) is 44.6 Å². The Hall–Kier alpha value is -1.02. The van der Waals surface area contributed by atoms with E-state index >= 15 is 0 Å². The highest BCUT2D eigenvalue weighted by molar-refractivity contribution is 7.99. The zero-order chi connectivity index (χ0) is 15.0. The lowest BCUT2D eigenvalue weighted by Crippen LogP contribution is -2.07. The molecule has 0 aromatic heterocycles. The van der Waals surface area contributed by atoms with Gasteiger partial charge in [-0.1, -0.05) is 12.1 Å². The molecular formula is C16H23NO2S. The second-order valence-electron chi connectivity index (χ2n) is 5.32. The van der Waals surface area contributed by atoms with Crippen LogP contribution < -0.4 is 0 Å². The van der Waals surface area contributed by atoms with Crippen LogP contribution >= 0.6 is 11.8 Å². The quantitative estimate of drug-likeness (QED) is 0.405. The first-order valence-corrected chi connectivity index (χ1v) is 7.70. The Balaban J connectivity index is 2.41. The Morgan fingerprint density at radius 3 is 2.30 bits per heavy atom. The molecule has 1 rings (SSSR count). The summed E-state index contributed by atoms with van der Waals surface area (Å²) >= 11 is 1.82. The molecule has 1 aromatic carbocycles. The zero-order valence-corrected chi connectivity index (χ0v) is 13.5. The summed E-state index contributed by atoms with van der Waals surface area (Å²) in [5, 5.41) is 8.96. The first kappa shape index (κ1) is 17.0. The molecule has 0 aliphatic rings. The molecule has 0 heterocycles. The van der Waals surface area contributed by atoms with E-state index in [0.717, 1.165) is 24.2 Å². The maximum Gasteiger partial charge on any atom is 0.183 e. The fraction of sp³-hybridized carbons (Fsp3) is 0.562. The van der Waals surface area contributed by atoms with E-state index in [9.17, 15) is 0 Å². The minimum Gasteiger partial charge on any atom is -0.352 e. The van der Waals surface area contributed by atoms with E-state index in [1.807, 2.05) is 37.7 Å². The second-order valence-corrected chi connectivity index (χ2v) is 6.49. The monoisotopic (exact) mass is 293 g/mol. The van der Waals surface area contributed by atoms with Gasteiger partial charge in [-0.15, -0.1) is 11.8 Å². The van der Waals surface area contributed by atoms with E-state index in [1.54, 1.807) is 14.2 Å². The van der Waals surface area contributed by atoms with Gasteiger partial charge in [0.05, 0.1) is 11.5 Å². The summed E-state index contributed by atoms with van der Waals surface area (Å²) in [6.45, 7) is 3.98. The van der Waals surface area contributed by atoms with E-state index in [4.69, 9.17) is 14.7 Å². The van der Waals surface area contributed by atoms with Crippen LogP contribution in [0.2, 0.25) is 0 Å². The number of hydrogen-bond acceptors (Lipinski definition) is 4. The Morgan fingerprint density at radius 2 is 1.80 bits per heavy atom. The predicted molar refractivity (Wildman–Crippen MR) is 82.6 cm³/mol. The van der Waals surface area contributed by atoms with Gasteiger partial charge in [0.2, 0.25) is 0 Å². The molecule has 0 aliphatic carbocycles. The fourth-order valence-electron chi connectivity index (χ4n) is 1.85. The van der Waals surface area contributed by atoms with Crippen molar-refractivity contribution >= 4 is 11.8 Å². The van der Waals surface area contributed by atoms with Crippen LogP contribution in [0.5, 0.6) is 0 Å². The molecule has 20 heavy (non-hydrogen) atoms. The van der Waals surface area contributed by atoms with Crippen LogP contribution in [0.1, 0.15) is 38.5 Å². The third kappa shape index (κ3) is 5.54. The summed E-state index contributed by atoms with van der Waals surface area (Å²) in [5.74, 6) is 1.03. The van der Waals surface area contributed by atoms with Crippen LogP contribution in [0.3, 0.4) is 0 Å².